The third-order valence-electron chi connectivity index (χ3n) is 5.71. The Morgan fingerprint density at radius 2 is 1.62 bits per heavy atom. The van der Waals surface area contributed by atoms with Crippen molar-refractivity contribution in [2.24, 2.45) is 0 Å². The molecule has 0 bridgehead atoms. The van der Waals surface area contributed by atoms with Gasteiger partial charge in [-0.3, -0.25) is 4.79 Å². The lowest BCUT2D eigenvalue weighted by Gasteiger charge is -2.40. The van der Waals surface area contributed by atoms with Crippen molar-refractivity contribution in [1.82, 2.24) is 4.90 Å². The Morgan fingerprint density at radius 3 is 2.26 bits per heavy atom. The van der Waals surface area contributed by atoms with Gasteiger partial charge in [0.1, 0.15) is 6.04 Å². The Bertz CT molecular complexity index is 1260. The molecule has 0 fully saturated rings. The van der Waals surface area contributed by atoms with Crippen LogP contribution in [0.2, 0.25) is 10.0 Å². The molecule has 1 aliphatic heterocycles. The summed E-state index contributed by atoms with van der Waals surface area (Å²) in [7, 11) is 0. The number of para-hydroxylation sites is 1. The molecule has 4 rings (SSSR count). The maximum absolute atomic E-state index is 13.2. The van der Waals surface area contributed by atoms with E-state index in [-0.39, 0.29) is 51.6 Å². The van der Waals surface area contributed by atoms with Crippen LogP contribution in [0.1, 0.15) is 22.7 Å². The van der Waals surface area contributed by atoms with Crippen molar-refractivity contribution >= 4 is 35.6 Å². The van der Waals surface area contributed by atoms with Gasteiger partial charge in [0.25, 0.3) is 0 Å². The molecule has 176 valence electrons. The summed E-state index contributed by atoms with van der Waals surface area (Å²) < 4.78 is 5.46. The monoisotopic (exact) mass is 503 g/mol. The largest absolute Gasteiger partial charge is 0.504 e. The second-order valence-electron chi connectivity index (χ2n) is 7.83. The summed E-state index contributed by atoms with van der Waals surface area (Å²) in [6.07, 6.45) is 0.623. The quantitative estimate of drug-likeness (QED) is 0.178. The van der Waals surface area contributed by atoms with Gasteiger partial charge in [-0.2, -0.15) is 0 Å². The molecule has 0 radical (unpaired) electrons. The molecule has 0 unspecified atom stereocenters. The van der Waals surface area contributed by atoms with Crippen molar-refractivity contribution in [3.8, 4) is 28.7 Å². The van der Waals surface area contributed by atoms with Gasteiger partial charge in [-0.25, -0.2) is 4.79 Å². The summed E-state index contributed by atoms with van der Waals surface area (Å²) >= 11 is 12.2. The number of esters is 1. The zero-order chi connectivity index (χ0) is 24.6. The second-order valence-corrected chi connectivity index (χ2v) is 8.64. The number of nitrogens with zero attached hydrogens (tertiary/aromatic N) is 1. The molecule has 4 N–H and O–H groups in total. The van der Waals surface area contributed by atoms with Crippen LogP contribution in [-0.4, -0.2) is 43.7 Å². The fraction of sp³-hybridized carbons (Fsp3) is 0.167. The predicted molar refractivity (Wildman–Crippen MR) is 123 cm³/mol. The lowest BCUT2D eigenvalue weighted by Crippen LogP contribution is -2.49. The lowest BCUT2D eigenvalue weighted by atomic mass is 9.85. The van der Waals surface area contributed by atoms with Crippen LogP contribution in [0, 0.1) is 0 Å². The summed E-state index contributed by atoms with van der Waals surface area (Å²) in [5.41, 5.74) is 1.58. The molecule has 1 heterocycles. The summed E-state index contributed by atoms with van der Waals surface area (Å²) in [6.45, 7) is 0. The van der Waals surface area contributed by atoms with Gasteiger partial charge < -0.3 is 30.1 Å². The molecule has 34 heavy (non-hydrogen) atoms. The number of phenolic OH excluding ortho intramolecular Hbond substituents is 4. The second kappa shape index (κ2) is 9.32. The number of phenols is 4. The van der Waals surface area contributed by atoms with E-state index in [1.807, 2.05) is 0 Å². The Hall–Kier alpha value is -3.62. The number of hydrogen-bond acceptors (Lipinski definition) is 7. The van der Waals surface area contributed by atoms with Crippen LogP contribution in [0.25, 0.3) is 0 Å². The first-order valence-electron chi connectivity index (χ1n) is 10.1. The van der Waals surface area contributed by atoms with Crippen LogP contribution >= 0.6 is 23.2 Å². The van der Waals surface area contributed by atoms with E-state index in [1.165, 1.54) is 41.3 Å². The standard InChI is InChI=1S/C24H19Cl2NO7/c25-15-2-1-3-16(26)23(15)34-24(33)18-8-13-9-21(31)22(32)10-14(13)17(27(18)11-28)6-12-4-5-19(29)20(30)7-12/h1-5,7,9-11,17-18,29-32H,6,8H2/t17-,18-/m0/s1. The normalized spacial score (nSPS) is 17.2. The van der Waals surface area contributed by atoms with Crippen molar-refractivity contribution < 1.29 is 34.8 Å². The highest BCUT2D eigenvalue weighted by molar-refractivity contribution is 6.37. The van der Waals surface area contributed by atoms with Gasteiger partial charge in [-0.1, -0.05) is 35.3 Å². The van der Waals surface area contributed by atoms with E-state index in [2.05, 4.69) is 0 Å². The maximum atomic E-state index is 13.2. The number of carbonyl (C=O) groups is 2. The van der Waals surface area contributed by atoms with Crippen molar-refractivity contribution in [2.45, 2.75) is 24.9 Å². The van der Waals surface area contributed by atoms with Gasteiger partial charge in [0, 0.05) is 6.42 Å². The van der Waals surface area contributed by atoms with Crippen LogP contribution in [-0.2, 0) is 22.4 Å². The van der Waals surface area contributed by atoms with E-state index in [1.54, 1.807) is 12.1 Å². The number of aromatic hydroxyl groups is 4. The van der Waals surface area contributed by atoms with Crippen LogP contribution in [0.4, 0.5) is 0 Å². The van der Waals surface area contributed by atoms with Gasteiger partial charge in [0.2, 0.25) is 6.41 Å². The van der Waals surface area contributed by atoms with Gasteiger partial charge in [-0.05, 0) is 59.5 Å². The lowest BCUT2D eigenvalue weighted by molar-refractivity contribution is -0.146. The molecule has 3 aromatic rings. The zero-order valence-corrected chi connectivity index (χ0v) is 19.0. The zero-order valence-electron chi connectivity index (χ0n) is 17.5. The molecule has 0 aromatic heterocycles. The van der Waals surface area contributed by atoms with Crippen molar-refractivity contribution in [2.75, 3.05) is 0 Å². The SMILES string of the molecule is O=CN1[C@H](C(=O)Oc2c(Cl)cccc2Cl)Cc2cc(O)c(O)cc2[C@@H]1Cc1ccc(O)c(O)c1. The van der Waals surface area contributed by atoms with E-state index >= 15 is 0 Å². The Kier molecular flexibility index (Phi) is 6.45. The van der Waals surface area contributed by atoms with E-state index < -0.39 is 18.1 Å². The molecule has 2 atom stereocenters. The third-order valence-corrected chi connectivity index (χ3v) is 6.31. The number of benzene rings is 3. The fourth-order valence-corrected chi connectivity index (χ4v) is 4.52. The van der Waals surface area contributed by atoms with E-state index in [0.717, 1.165) is 0 Å². The summed E-state index contributed by atoms with van der Waals surface area (Å²) in [4.78, 5) is 26.6. The Labute approximate surface area is 204 Å². The molecule has 1 aliphatic rings. The molecule has 0 spiro atoms. The molecule has 1 amide bonds. The molecule has 10 heteroatoms. The number of hydrogen-bond donors (Lipinski definition) is 4. The number of halogens is 2. The molecule has 0 saturated carbocycles. The third kappa shape index (κ3) is 4.42. The minimum Gasteiger partial charge on any atom is -0.504 e. The first kappa shape index (κ1) is 23.5. The van der Waals surface area contributed by atoms with Crippen LogP contribution in [0.5, 0.6) is 28.7 Å². The highest BCUT2D eigenvalue weighted by Gasteiger charge is 2.39. The summed E-state index contributed by atoms with van der Waals surface area (Å²) in [6, 6.07) is 9.60. The summed E-state index contributed by atoms with van der Waals surface area (Å²) in [5, 5.41) is 39.8. The molecule has 3 aromatic carbocycles. The smallest absolute Gasteiger partial charge is 0.334 e. The minimum absolute atomic E-state index is 0.000145. The van der Waals surface area contributed by atoms with Gasteiger partial charge in [0.15, 0.2) is 28.7 Å². The number of rotatable bonds is 5. The van der Waals surface area contributed by atoms with Gasteiger partial charge >= 0.3 is 5.97 Å². The minimum atomic E-state index is -1.10. The maximum Gasteiger partial charge on any atom is 0.334 e. The first-order chi connectivity index (χ1) is 16.2. The van der Waals surface area contributed by atoms with Crippen LogP contribution in [0.3, 0.4) is 0 Å². The molecular formula is C24H19Cl2NO7. The summed E-state index contributed by atoms with van der Waals surface area (Å²) in [5.74, 6) is -2.24. The average molecular weight is 504 g/mol. The first-order valence-corrected chi connectivity index (χ1v) is 10.9. The highest BCUT2D eigenvalue weighted by Crippen LogP contribution is 2.41. The van der Waals surface area contributed by atoms with E-state index in [4.69, 9.17) is 27.9 Å². The predicted octanol–water partition coefficient (Wildman–Crippen LogP) is 4.09. The van der Waals surface area contributed by atoms with Gasteiger partial charge in [0.05, 0.1) is 16.1 Å². The molecule has 0 aliphatic carbocycles. The Morgan fingerprint density at radius 1 is 0.971 bits per heavy atom. The van der Waals surface area contributed by atoms with Crippen molar-refractivity contribution in [1.29, 1.82) is 0 Å². The number of fused-ring (bicyclic) bond motifs is 1. The Balaban J connectivity index is 1.75. The van der Waals surface area contributed by atoms with E-state index in [0.29, 0.717) is 23.1 Å². The number of amides is 1. The fourth-order valence-electron chi connectivity index (χ4n) is 4.05. The van der Waals surface area contributed by atoms with Gasteiger partial charge in [-0.15, -0.1) is 0 Å². The highest BCUT2D eigenvalue weighted by atomic mass is 35.5. The molecular weight excluding hydrogens is 485 g/mol. The number of carbonyl (C=O) groups excluding carboxylic acids is 2. The van der Waals surface area contributed by atoms with Crippen molar-refractivity contribution in [3.05, 3.63) is 75.3 Å². The molecule has 0 saturated heterocycles. The topological polar surface area (TPSA) is 128 Å². The van der Waals surface area contributed by atoms with E-state index in [9.17, 15) is 30.0 Å². The molecule has 8 nitrogen and oxygen atoms in total. The number of ether oxygens (including phenoxy) is 1. The van der Waals surface area contributed by atoms with Crippen LogP contribution in [0.15, 0.2) is 48.5 Å². The van der Waals surface area contributed by atoms with Crippen molar-refractivity contribution in [3.63, 3.8) is 0 Å². The average Bonchev–Trinajstić information content (AvgIpc) is 2.79. The van der Waals surface area contributed by atoms with Crippen LogP contribution < -0.4 is 4.74 Å².